The van der Waals surface area contributed by atoms with Gasteiger partial charge in [-0.15, -0.1) is 0 Å². The van der Waals surface area contributed by atoms with Crippen LogP contribution in [0.3, 0.4) is 0 Å². The van der Waals surface area contributed by atoms with Crippen LogP contribution in [0.15, 0.2) is 23.4 Å². The number of hydrogen-bond acceptors (Lipinski definition) is 0. The van der Waals surface area contributed by atoms with Crippen LogP contribution >= 0.6 is 0 Å². The zero-order valence-electron chi connectivity index (χ0n) is 4.73. The van der Waals surface area contributed by atoms with E-state index in [-0.39, 0.29) is 0 Å². The Morgan fingerprint density at radius 1 is 1.57 bits per heavy atom. The summed E-state index contributed by atoms with van der Waals surface area (Å²) in [6.07, 6.45) is 5.98. The average molecular weight is 109 g/mol. The molecule has 0 N–H and O–H groups in total. The Morgan fingerprint density at radius 2 is 2.14 bits per heavy atom. The highest BCUT2D eigenvalue weighted by Gasteiger charge is 1.66. The summed E-state index contributed by atoms with van der Waals surface area (Å²) in [5.74, 6) is 0. The van der Waals surface area contributed by atoms with Crippen LogP contribution in [0, 0.1) is 0 Å². The summed E-state index contributed by atoms with van der Waals surface area (Å²) in [5, 5.41) is 1.15. The summed E-state index contributed by atoms with van der Waals surface area (Å²) in [5.41, 5.74) is 0. The third-order valence-corrected chi connectivity index (χ3v) is 0.705. The van der Waals surface area contributed by atoms with E-state index in [1.54, 1.807) is 0 Å². The lowest BCUT2D eigenvalue weighted by Gasteiger charge is -1.77. The number of hydrogen-bond donors (Lipinski definition) is 0. The van der Waals surface area contributed by atoms with E-state index in [1.807, 2.05) is 32.1 Å². The van der Waals surface area contributed by atoms with E-state index in [2.05, 4.69) is 10.2 Å². The van der Waals surface area contributed by atoms with Crippen molar-refractivity contribution in [3.63, 3.8) is 0 Å². The van der Waals surface area contributed by atoms with Gasteiger partial charge >= 0.3 is 0 Å². The largest absolute Gasteiger partial charge is 0.0914 e. The second-order valence-electron chi connectivity index (χ2n) is 1.38. The van der Waals surface area contributed by atoms with E-state index >= 15 is 0 Å². The van der Waals surface area contributed by atoms with Gasteiger partial charge in [0.05, 0.1) is 10.2 Å². The maximum absolute atomic E-state index is 3.33. The minimum Gasteiger partial charge on any atom is -0.0914 e. The van der Waals surface area contributed by atoms with Gasteiger partial charge in [-0.25, -0.2) is 0 Å². The van der Waals surface area contributed by atoms with Crippen molar-refractivity contribution in [2.45, 2.75) is 13.8 Å². The van der Waals surface area contributed by atoms with E-state index < -0.39 is 0 Å². The molecular formula is C6H9Si. The molecule has 0 aromatic rings. The van der Waals surface area contributed by atoms with Crippen molar-refractivity contribution in [3.05, 3.63) is 23.4 Å². The summed E-state index contributed by atoms with van der Waals surface area (Å²) < 4.78 is 0. The molecule has 0 aliphatic heterocycles. The van der Waals surface area contributed by atoms with Gasteiger partial charge in [0.25, 0.3) is 0 Å². The van der Waals surface area contributed by atoms with Crippen molar-refractivity contribution in [1.29, 1.82) is 0 Å². The minimum absolute atomic E-state index is 1.15. The SMILES string of the molecule is C/C=C\C=C(/C)[Si]. The molecular weight excluding hydrogens is 100 g/mol. The first-order valence-corrected chi connectivity index (χ1v) is 2.78. The van der Waals surface area contributed by atoms with Crippen molar-refractivity contribution < 1.29 is 0 Å². The average Bonchev–Trinajstić information content (AvgIpc) is 1.61. The molecule has 0 bridgehead atoms. The fourth-order valence-corrected chi connectivity index (χ4v) is 0.337. The monoisotopic (exact) mass is 109 g/mol. The molecule has 0 nitrogen and oxygen atoms in total. The second-order valence-corrected chi connectivity index (χ2v) is 2.16. The first-order chi connectivity index (χ1) is 3.27. The Labute approximate surface area is 48.4 Å². The summed E-state index contributed by atoms with van der Waals surface area (Å²) in [6.45, 7) is 3.99. The molecule has 0 aromatic carbocycles. The Kier molecular flexibility index (Phi) is 3.70. The molecule has 0 atom stereocenters. The van der Waals surface area contributed by atoms with Gasteiger partial charge in [-0.2, -0.15) is 0 Å². The molecule has 0 rings (SSSR count). The van der Waals surface area contributed by atoms with Gasteiger partial charge in [0.2, 0.25) is 0 Å². The molecule has 0 unspecified atom stereocenters. The molecule has 37 valence electrons. The normalized spacial score (nSPS) is 13.3. The Balaban J connectivity index is 3.46. The van der Waals surface area contributed by atoms with E-state index in [0.717, 1.165) is 5.20 Å². The highest BCUT2D eigenvalue weighted by Crippen LogP contribution is 1.82. The van der Waals surface area contributed by atoms with Crippen molar-refractivity contribution >= 4 is 10.2 Å². The maximum Gasteiger partial charge on any atom is 0.0646 e. The first kappa shape index (κ1) is 6.70. The van der Waals surface area contributed by atoms with E-state index in [9.17, 15) is 0 Å². The molecule has 0 spiro atoms. The van der Waals surface area contributed by atoms with E-state index in [0.29, 0.717) is 0 Å². The van der Waals surface area contributed by atoms with Crippen molar-refractivity contribution in [1.82, 2.24) is 0 Å². The maximum atomic E-state index is 3.33. The molecule has 0 amide bonds. The van der Waals surface area contributed by atoms with Crippen LogP contribution in [0.5, 0.6) is 0 Å². The van der Waals surface area contributed by atoms with Crippen molar-refractivity contribution in [2.24, 2.45) is 0 Å². The Morgan fingerprint density at radius 3 is 2.29 bits per heavy atom. The van der Waals surface area contributed by atoms with Crippen LogP contribution < -0.4 is 0 Å². The van der Waals surface area contributed by atoms with Crippen molar-refractivity contribution in [2.75, 3.05) is 0 Å². The summed E-state index contributed by atoms with van der Waals surface area (Å²) >= 11 is 0. The van der Waals surface area contributed by atoms with Crippen molar-refractivity contribution in [3.8, 4) is 0 Å². The topological polar surface area (TPSA) is 0 Å². The predicted octanol–water partition coefficient (Wildman–Crippen LogP) is 1.63. The zero-order valence-corrected chi connectivity index (χ0v) is 5.73. The quantitative estimate of drug-likeness (QED) is 0.354. The third kappa shape index (κ3) is 5.70. The highest BCUT2D eigenvalue weighted by atomic mass is 28.1. The van der Waals surface area contributed by atoms with Gasteiger partial charge in [-0.3, -0.25) is 0 Å². The lowest BCUT2D eigenvalue weighted by atomic mass is 10.5. The fraction of sp³-hybridized carbons (Fsp3) is 0.333. The molecule has 0 aliphatic rings. The van der Waals surface area contributed by atoms with Crippen LogP contribution in [-0.4, -0.2) is 10.2 Å². The molecule has 7 heavy (non-hydrogen) atoms. The molecule has 0 saturated carbocycles. The smallest absolute Gasteiger partial charge is 0.0646 e. The molecule has 3 radical (unpaired) electrons. The molecule has 1 heteroatoms. The first-order valence-electron chi connectivity index (χ1n) is 2.28. The molecule has 0 heterocycles. The van der Waals surface area contributed by atoms with Crippen LogP contribution in [0.2, 0.25) is 0 Å². The Bertz CT molecular complexity index is 86.4. The van der Waals surface area contributed by atoms with Crippen LogP contribution in [-0.2, 0) is 0 Å². The zero-order chi connectivity index (χ0) is 5.70. The van der Waals surface area contributed by atoms with Gasteiger partial charge < -0.3 is 0 Å². The van der Waals surface area contributed by atoms with Crippen LogP contribution in [0.4, 0.5) is 0 Å². The molecule has 0 saturated heterocycles. The lowest BCUT2D eigenvalue weighted by molar-refractivity contribution is 1.64. The number of allylic oxidation sites excluding steroid dienone is 4. The van der Waals surface area contributed by atoms with Gasteiger partial charge in [0.15, 0.2) is 0 Å². The van der Waals surface area contributed by atoms with Gasteiger partial charge in [-0.05, 0) is 13.8 Å². The molecule has 0 aromatic heterocycles. The summed E-state index contributed by atoms with van der Waals surface area (Å²) in [7, 11) is 3.33. The summed E-state index contributed by atoms with van der Waals surface area (Å²) in [4.78, 5) is 0. The number of rotatable bonds is 1. The fourth-order valence-electron chi connectivity index (χ4n) is 0.241. The van der Waals surface area contributed by atoms with Gasteiger partial charge in [0, 0.05) is 0 Å². The standard InChI is InChI=1S/C6H9Si/c1-3-4-5-6(2)7/h3-5H,1-2H3/b4-3-,6-5+. The summed E-state index contributed by atoms with van der Waals surface area (Å²) in [6, 6.07) is 0. The lowest BCUT2D eigenvalue weighted by Crippen LogP contribution is -1.65. The van der Waals surface area contributed by atoms with Crippen LogP contribution in [0.1, 0.15) is 13.8 Å². The van der Waals surface area contributed by atoms with Gasteiger partial charge in [-0.1, -0.05) is 23.4 Å². The predicted molar refractivity (Wildman–Crippen MR) is 34.3 cm³/mol. The van der Waals surface area contributed by atoms with E-state index in [4.69, 9.17) is 0 Å². The van der Waals surface area contributed by atoms with Crippen LogP contribution in [0.25, 0.3) is 0 Å². The third-order valence-electron chi connectivity index (χ3n) is 0.539. The van der Waals surface area contributed by atoms with E-state index in [1.165, 1.54) is 0 Å². The highest BCUT2D eigenvalue weighted by molar-refractivity contribution is 6.21. The minimum atomic E-state index is 1.15. The van der Waals surface area contributed by atoms with Gasteiger partial charge in [0.1, 0.15) is 0 Å². The Hall–Kier alpha value is -0.303. The molecule has 0 fully saturated rings. The second kappa shape index (κ2) is 3.87. The molecule has 0 aliphatic carbocycles.